The molecule has 2 saturated carbocycles. The third-order valence-corrected chi connectivity index (χ3v) is 7.16. The molecule has 5 heteroatoms. The van der Waals surface area contributed by atoms with Gasteiger partial charge in [-0.15, -0.1) is 0 Å². The van der Waals surface area contributed by atoms with Gasteiger partial charge in [0.1, 0.15) is 0 Å². The van der Waals surface area contributed by atoms with Crippen molar-refractivity contribution >= 4 is 0 Å². The Hall–Kier alpha value is -1.52. The molecule has 0 unspecified atom stereocenters. The van der Waals surface area contributed by atoms with Gasteiger partial charge in [0.05, 0.1) is 0 Å². The van der Waals surface area contributed by atoms with Crippen LogP contribution in [0.25, 0.3) is 0 Å². The molecule has 0 bridgehead atoms. The third kappa shape index (κ3) is 6.49. The largest absolute Gasteiger partial charge is 0.429 e. The summed E-state index contributed by atoms with van der Waals surface area (Å²) in [6.07, 6.45) is 17.6. The molecule has 0 N–H and O–H groups in total. The predicted octanol–water partition coefficient (Wildman–Crippen LogP) is 8.39. The summed E-state index contributed by atoms with van der Waals surface area (Å²) >= 11 is 0. The Labute approximate surface area is 177 Å². The fourth-order valence-corrected chi connectivity index (χ4v) is 5.21. The first-order valence-electron chi connectivity index (χ1n) is 11.6. The third-order valence-electron chi connectivity index (χ3n) is 7.16. The molecule has 1 aromatic rings. The topological polar surface area (TPSA) is 9.23 Å². The molecule has 0 atom stereocenters. The number of hydrogen-bond acceptors (Lipinski definition) is 1. The first kappa shape index (κ1) is 23.1. The van der Waals surface area contributed by atoms with E-state index in [4.69, 9.17) is 0 Å². The van der Waals surface area contributed by atoms with Crippen LogP contribution in [0.5, 0.6) is 5.75 Å². The molecule has 0 aromatic heterocycles. The molecule has 0 heterocycles. The number of halogens is 4. The van der Waals surface area contributed by atoms with Gasteiger partial charge in [-0.1, -0.05) is 51.2 Å². The Morgan fingerprint density at radius 2 is 1.53 bits per heavy atom. The van der Waals surface area contributed by atoms with Gasteiger partial charge in [0.15, 0.2) is 17.4 Å². The zero-order valence-corrected chi connectivity index (χ0v) is 17.9. The van der Waals surface area contributed by atoms with Crippen LogP contribution in [0.4, 0.5) is 17.6 Å². The van der Waals surface area contributed by atoms with Gasteiger partial charge in [-0.3, -0.25) is 0 Å². The van der Waals surface area contributed by atoms with Gasteiger partial charge >= 0.3 is 6.61 Å². The van der Waals surface area contributed by atoms with Gasteiger partial charge in [-0.2, -0.15) is 8.78 Å². The highest BCUT2D eigenvalue weighted by atomic mass is 19.3. The fraction of sp³-hybridized carbons (Fsp3) is 0.680. The van der Waals surface area contributed by atoms with E-state index in [1.165, 1.54) is 38.5 Å². The van der Waals surface area contributed by atoms with Gasteiger partial charge < -0.3 is 4.74 Å². The zero-order chi connectivity index (χ0) is 21.5. The molecule has 1 nitrogen and oxygen atoms in total. The lowest BCUT2D eigenvalue weighted by Gasteiger charge is -2.28. The Morgan fingerprint density at radius 3 is 2.10 bits per heavy atom. The molecule has 2 aliphatic carbocycles. The molecule has 3 rings (SSSR count). The highest BCUT2D eigenvalue weighted by molar-refractivity contribution is 5.33. The molecule has 30 heavy (non-hydrogen) atoms. The standard InChI is InChI=1S/C25H34F4O/c1-2-17-7-9-18(10-8-17)5-3-4-6-19-11-13-20(14-12-19)21-15-22(26)24(23(27)16-21)30-25(28)29/h4,6,15-20,25H,2-3,5,7-14H2,1H3/b6-4+. The molecular formula is C25H34F4O. The van der Waals surface area contributed by atoms with E-state index in [1.807, 2.05) is 0 Å². The summed E-state index contributed by atoms with van der Waals surface area (Å²) in [5, 5.41) is 0. The van der Waals surface area contributed by atoms with E-state index in [0.717, 1.165) is 56.1 Å². The van der Waals surface area contributed by atoms with Crippen molar-refractivity contribution in [3.63, 3.8) is 0 Å². The van der Waals surface area contributed by atoms with E-state index in [2.05, 4.69) is 23.8 Å². The van der Waals surface area contributed by atoms with E-state index < -0.39 is 24.0 Å². The average Bonchev–Trinajstić information content (AvgIpc) is 2.74. The highest BCUT2D eigenvalue weighted by Crippen LogP contribution is 2.39. The van der Waals surface area contributed by atoms with Crippen LogP contribution in [0, 0.1) is 29.4 Å². The number of ether oxygens (including phenoxy) is 1. The average molecular weight is 427 g/mol. The van der Waals surface area contributed by atoms with Crippen LogP contribution < -0.4 is 4.74 Å². The summed E-state index contributed by atoms with van der Waals surface area (Å²) in [5.74, 6) is -0.688. The molecule has 1 aromatic carbocycles. The lowest BCUT2D eigenvalue weighted by molar-refractivity contribution is -0.0546. The van der Waals surface area contributed by atoms with Gasteiger partial charge in [-0.25, -0.2) is 8.78 Å². The first-order valence-corrected chi connectivity index (χ1v) is 11.6. The second kappa shape index (κ2) is 11.2. The molecule has 168 valence electrons. The normalized spacial score (nSPS) is 27.7. The Balaban J connectivity index is 1.42. The monoisotopic (exact) mass is 426 g/mol. The predicted molar refractivity (Wildman–Crippen MR) is 112 cm³/mol. The number of benzene rings is 1. The van der Waals surface area contributed by atoms with Crippen LogP contribution >= 0.6 is 0 Å². The number of hydrogen-bond donors (Lipinski definition) is 0. The van der Waals surface area contributed by atoms with Crippen molar-refractivity contribution < 1.29 is 22.3 Å². The van der Waals surface area contributed by atoms with E-state index in [0.29, 0.717) is 11.5 Å². The van der Waals surface area contributed by atoms with Crippen LogP contribution in [0.15, 0.2) is 24.3 Å². The van der Waals surface area contributed by atoms with E-state index in [1.54, 1.807) is 0 Å². The zero-order valence-electron chi connectivity index (χ0n) is 17.9. The van der Waals surface area contributed by atoms with Gasteiger partial charge in [0.2, 0.25) is 0 Å². The quantitative estimate of drug-likeness (QED) is 0.299. The van der Waals surface area contributed by atoms with Crippen molar-refractivity contribution in [2.75, 3.05) is 0 Å². The van der Waals surface area contributed by atoms with Crippen molar-refractivity contribution in [1.29, 1.82) is 0 Å². The van der Waals surface area contributed by atoms with Crippen molar-refractivity contribution in [3.05, 3.63) is 41.5 Å². The number of allylic oxidation sites excluding steroid dienone is 2. The maximum absolute atomic E-state index is 14.0. The molecule has 0 spiro atoms. The van der Waals surface area contributed by atoms with Crippen molar-refractivity contribution in [3.8, 4) is 5.75 Å². The summed E-state index contributed by atoms with van der Waals surface area (Å²) in [6, 6.07) is 2.30. The molecule has 2 aliphatic rings. The first-order chi connectivity index (χ1) is 14.5. The summed E-state index contributed by atoms with van der Waals surface area (Å²) < 4.78 is 56.5. The van der Waals surface area contributed by atoms with Crippen molar-refractivity contribution in [1.82, 2.24) is 0 Å². The van der Waals surface area contributed by atoms with E-state index >= 15 is 0 Å². The van der Waals surface area contributed by atoms with Crippen LogP contribution in [0.2, 0.25) is 0 Å². The fourth-order valence-electron chi connectivity index (χ4n) is 5.21. The van der Waals surface area contributed by atoms with Crippen LogP contribution in [0.1, 0.15) is 89.0 Å². The smallest absolute Gasteiger partial charge is 0.387 e. The lowest BCUT2D eigenvalue weighted by atomic mass is 9.78. The number of rotatable bonds is 8. The highest BCUT2D eigenvalue weighted by Gasteiger charge is 2.25. The van der Waals surface area contributed by atoms with Crippen LogP contribution in [0.3, 0.4) is 0 Å². The van der Waals surface area contributed by atoms with Gasteiger partial charge in [0.25, 0.3) is 0 Å². The van der Waals surface area contributed by atoms with Crippen molar-refractivity contribution in [2.24, 2.45) is 17.8 Å². The minimum Gasteiger partial charge on any atom is -0.429 e. The summed E-state index contributed by atoms with van der Waals surface area (Å²) in [7, 11) is 0. The maximum Gasteiger partial charge on any atom is 0.387 e. The minimum absolute atomic E-state index is 0.0630. The Morgan fingerprint density at radius 1 is 0.933 bits per heavy atom. The minimum atomic E-state index is -3.24. The van der Waals surface area contributed by atoms with E-state index in [9.17, 15) is 17.6 Å². The van der Waals surface area contributed by atoms with Gasteiger partial charge in [0, 0.05) is 0 Å². The second-order valence-corrected chi connectivity index (χ2v) is 9.10. The summed E-state index contributed by atoms with van der Waals surface area (Å²) in [4.78, 5) is 0. The second-order valence-electron chi connectivity index (χ2n) is 9.10. The molecule has 0 saturated heterocycles. The molecule has 0 aliphatic heterocycles. The van der Waals surface area contributed by atoms with Crippen molar-refractivity contribution in [2.45, 2.75) is 90.1 Å². The molecule has 0 amide bonds. The van der Waals surface area contributed by atoms with E-state index in [-0.39, 0.29) is 5.92 Å². The summed E-state index contributed by atoms with van der Waals surface area (Å²) in [5.41, 5.74) is 0.539. The summed E-state index contributed by atoms with van der Waals surface area (Å²) in [6.45, 7) is -0.944. The maximum atomic E-state index is 14.0. The Bertz CT molecular complexity index is 663. The SMILES string of the molecule is CCC1CCC(CC/C=C/C2CCC(c3cc(F)c(OC(F)F)c(F)c3)CC2)CC1. The van der Waals surface area contributed by atoms with Crippen LogP contribution in [-0.2, 0) is 0 Å². The lowest BCUT2D eigenvalue weighted by Crippen LogP contribution is -2.14. The number of alkyl halides is 2. The molecular weight excluding hydrogens is 392 g/mol. The van der Waals surface area contributed by atoms with Gasteiger partial charge in [-0.05, 0) is 79.9 Å². The molecule has 2 fully saturated rings. The van der Waals surface area contributed by atoms with Crippen LogP contribution in [-0.4, -0.2) is 6.61 Å². The Kier molecular flexibility index (Phi) is 8.64. The molecule has 0 radical (unpaired) electrons.